The summed E-state index contributed by atoms with van der Waals surface area (Å²) in [4.78, 5) is 34.4. The summed E-state index contributed by atoms with van der Waals surface area (Å²) in [5.74, 6) is -0.0240. The van der Waals surface area contributed by atoms with Crippen LogP contribution in [-0.2, 0) is 9.59 Å². The first-order chi connectivity index (χ1) is 11.4. The van der Waals surface area contributed by atoms with Crippen LogP contribution in [-0.4, -0.2) is 52.1 Å². The standard InChI is InChI=1S/C16H27N3O4S/c1-9(2)7-10(15(21)22)17-13(20)6-4-3-5-12-14-11(8-24-12)18-16(23)19-14/h9-12,14H,3-8H2,1-2H3,(H,17,20)(H,21,22)(H2,18,19,23). The van der Waals surface area contributed by atoms with Crippen molar-refractivity contribution in [2.75, 3.05) is 5.75 Å². The fraction of sp³-hybridized carbons (Fsp3) is 0.812. The molecule has 2 rings (SSSR count). The zero-order valence-corrected chi connectivity index (χ0v) is 15.0. The maximum Gasteiger partial charge on any atom is 0.326 e. The summed E-state index contributed by atoms with van der Waals surface area (Å²) in [7, 11) is 0. The predicted octanol–water partition coefficient (Wildman–Crippen LogP) is 1.33. The van der Waals surface area contributed by atoms with Gasteiger partial charge in [0.1, 0.15) is 6.04 Å². The SMILES string of the molecule is CC(C)CC(NC(=O)CCCCC1SCC2NC(=O)NC21)C(=O)O. The molecular weight excluding hydrogens is 330 g/mol. The fourth-order valence-corrected chi connectivity index (χ4v) is 4.78. The lowest BCUT2D eigenvalue weighted by Gasteiger charge is -2.17. The number of thioether (sulfide) groups is 1. The molecular formula is C16H27N3O4S. The third-order valence-electron chi connectivity index (χ3n) is 4.42. The van der Waals surface area contributed by atoms with Gasteiger partial charge in [-0.3, -0.25) is 4.79 Å². The molecule has 3 amide bonds. The smallest absolute Gasteiger partial charge is 0.326 e. The zero-order chi connectivity index (χ0) is 17.7. The van der Waals surface area contributed by atoms with Crippen LogP contribution in [0.1, 0.15) is 46.0 Å². The average Bonchev–Trinajstić information content (AvgIpc) is 3.02. The molecule has 136 valence electrons. The maximum atomic E-state index is 11.9. The summed E-state index contributed by atoms with van der Waals surface area (Å²) in [5, 5.41) is 18.0. The summed E-state index contributed by atoms with van der Waals surface area (Å²) < 4.78 is 0. The predicted molar refractivity (Wildman–Crippen MR) is 93.0 cm³/mol. The van der Waals surface area contributed by atoms with Gasteiger partial charge in [-0.15, -0.1) is 0 Å². The van der Waals surface area contributed by atoms with E-state index in [1.807, 2.05) is 25.6 Å². The van der Waals surface area contributed by atoms with Crippen LogP contribution in [0.4, 0.5) is 4.79 Å². The van der Waals surface area contributed by atoms with Gasteiger partial charge >= 0.3 is 12.0 Å². The Bertz CT molecular complexity index is 486. The van der Waals surface area contributed by atoms with Crippen molar-refractivity contribution in [1.82, 2.24) is 16.0 Å². The van der Waals surface area contributed by atoms with Gasteiger partial charge in [0.2, 0.25) is 5.91 Å². The van der Waals surface area contributed by atoms with E-state index >= 15 is 0 Å². The van der Waals surface area contributed by atoms with Gasteiger partial charge < -0.3 is 21.1 Å². The quantitative estimate of drug-likeness (QED) is 0.368. The first-order valence-electron chi connectivity index (χ1n) is 8.57. The zero-order valence-electron chi connectivity index (χ0n) is 14.2. The maximum absolute atomic E-state index is 11.9. The van der Waals surface area contributed by atoms with E-state index in [4.69, 9.17) is 5.11 Å². The molecule has 0 aromatic carbocycles. The van der Waals surface area contributed by atoms with Gasteiger partial charge in [-0.05, 0) is 25.2 Å². The molecule has 2 fully saturated rings. The van der Waals surface area contributed by atoms with Gasteiger partial charge in [-0.2, -0.15) is 11.8 Å². The second kappa shape index (κ2) is 8.60. The summed E-state index contributed by atoms with van der Waals surface area (Å²) >= 11 is 1.86. The molecule has 4 N–H and O–H groups in total. The Kier molecular flexibility index (Phi) is 6.77. The van der Waals surface area contributed by atoms with Crippen LogP contribution in [0.25, 0.3) is 0 Å². The number of urea groups is 1. The number of carboxylic acid groups (broad SMARTS) is 1. The van der Waals surface area contributed by atoms with Crippen molar-refractivity contribution >= 4 is 29.7 Å². The summed E-state index contributed by atoms with van der Waals surface area (Å²) in [6, 6.07) is -0.468. The number of rotatable bonds is 9. The minimum atomic E-state index is -0.977. The molecule has 0 spiro atoms. The van der Waals surface area contributed by atoms with E-state index in [2.05, 4.69) is 16.0 Å². The van der Waals surface area contributed by atoms with Crippen molar-refractivity contribution < 1.29 is 19.5 Å². The van der Waals surface area contributed by atoms with Crippen LogP contribution in [0.3, 0.4) is 0 Å². The monoisotopic (exact) mass is 357 g/mol. The number of carbonyl (C=O) groups excluding carboxylic acids is 2. The molecule has 2 aliphatic rings. The van der Waals surface area contributed by atoms with Gasteiger partial charge in [0.25, 0.3) is 0 Å². The Morgan fingerprint density at radius 1 is 1.33 bits per heavy atom. The molecule has 4 atom stereocenters. The Morgan fingerprint density at radius 3 is 2.75 bits per heavy atom. The van der Waals surface area contributed by atoms with Crippen LogP contribution in [0, 0.1) is 5.92 Å². The molecule has 2 heterocycles. The van der Waals surface area contributed by atoms with Crippen molar-refractivity contribution in [2.45, 2.75) is 69.3 Å². The number of unbranched alkanes of at least 4 members (excludes halogenated alkanes) is 1. The van der Waals surface area contributed by atoms with Gasteiger partial charge in [-0.25, -0.2) is 9.59 Å². The van der Waals surface area contributed by atoms with E-state index in [1.54, 1.807) is 0 Å². The van der Waals surface area contributed by atoms with E-state index in [-0.39, 0.29) is 29.9 Å². The largest absolute Gasteiger partial charge is 0.480 e. The van der Waals surface area contributed by atoms with Crippen LogP contribution < -0.4 is 16.0 Å². The number of nitrogens with one attached hydrogen (secondary N) is 3. The minimum absolute atomic E-state index is 0.0838. The van der Waals surface area contributed by atoms with E-state index in [1.165, 1.54) is 0 Å². The molecule has 4 unspecified atom stereocenters. The molecule has 0 saturated carbocycles. The second-order valence-electron chi connectivity index (χ2n) is 6.96. The molecule has 2 aliphatic heterocycles. The normalized spacial score (nSPS) is 26.6. The Hall–Kier alpha value is -1.44. The number of fused-ring (bicyclic) bond motifs is 1. The second-order valence-corrected chi connectivity index (χ2v) is 8.23. The summed E-state index contributed by atoms with van der Waals surface area (Å²) in [5.41, 5.74) is 0. The number of aliphatic carboxylic acids is 1. The molecule has 0 aromatic rings. The minimum Gasteiger partial charge on any atom is -0.480 e. The lowest BCUT2D eigenvalue weighted by Crippen LogP contribution is -2.41. The first kappa shape index (κ1) is 18.9. The van der Waals surface area contributed by atoms with Crippen LogP contribution in [0.5, 0.6) is 0 Å². The Balaban J connectivity index is 1.64. The lowest BCUT2D eigenvalue weighted by molar-refractivity contribution is -0.142. The average molecular weight is 357 g/mol. The topological polar surface area (TPSA) is 108 Å². The number of amides is 3. The number of hydrogen-bond acceptors (Lipinski definition) is 4. The van der Waals surface area contributed by atoms with Crippen molar-refractivity contribution in [2.24, 2.45) is 5.92 Å². The van der Waals surface area contributed by atoms with Gasteiger partial charge in [-0.1, -0.05) is 20.3 Å². The Labute approximate surface area is 146 Å². The third-order valence-corrected chi connectivity index (χ3v) is 5.93. The van der Waals surface area contributed by atoms with Crippen LogP contribution in [0.15, 0.2) is 0 Å². The van der Waals surface area contributed by atoms with Crippen molar-refractivity contribution in [3.05, 3.63) is 0 Å². The highest BCUT2D eigenvalue weighted by Gasteiger charge is 2.42. The molecule has 0 aromatic heterocycles. The van der Waals surface area contributed by atoms with Crippen LogP contribution in [0.2, 0.25) is 0 Å². The molecule has 0 radical (unpaired) electrons. The number of hydrogen-bond donors (Lipinski definition) is 4. The summed E-state index contributed by atoms with van der Waals surface area (Å²) in [6.45, 7) is 3.87. The van der Waals surface area contributed by atoms with E-state index in [9.17, 15) is 14.4 Å². The highest BCUT2D eigenvalue weighted by molar-refractivity contribution is 8.00. The molecule has 7 nitrogen and oxygen atoms in total. The van der Waals surface area contributed by atoms with Crippen molar-refractivity contribution in [3.8, 4) is 0 Å². The molecule has 0 bridgehead atoms. The number of carbonyl (C=O) groups is 3. The van der Waals surface area contributed by atoms with Gasteiger partial charge in [0, 0.05) is 17.4 Å². The Morgan fingerprint density at radius 2 is 2.08 bits per heavy atom. The third kappa shape index (κ3) is 5.29. The van der Waals surface area contributed by atoms with E-state index in [0.29, 0.717) is 18.1 Å². The van der Waals surface area contributed by atoms with Gasteiger partial charge in [0.05, 0.1) is 12.1 Å². The molecule has 24 heavy (non-hydrogen) atoms. The molecule has 8 heteroatoms. The fourth-order valence-electron chi connectivity index (χ4n) is 3.23. The van der Waals surface area contributed by atoms with Crippen molar-refractivity contribution in [1.29, 1.82) is 0 Å². The van der Waals surface area contributed by atoms with Crippen LogP contribution >= 0.6 is 11.8 Å². The molecule has 0 aliphatic carbocycles. The lowest BCUT2D eigenvalue weighted by atomic mass is 10.0. The summed E-state index contributed by atoms with van der Waals surface area (Å²) in [6.07, 6.45) is 3.37. The van der Waals surface area contributed by atoms with Gasteiger partial charge in [0.15, 0.2) is 0 Å². The highest BCUT2D eigenvalue weighted by atomic mass is 32.2. The van der Waals surface area contributed by atoms with E-state index in [0.717, 1.165) is 25.0 Å². The number of carboxylic acids is 1. The van der Waals surface area contributed by atoms with Crippen molar-refractivity contribution in [3.63, 3.8) is 0 Å². The highest BCUT2D eigenvalue weighted by Crippen LogP contribution is 2.33. The first-order valence-corrected chi connectivity index (χ1v) is 9.62. The van der Waals surface area contributed by atoms with E-state index < -0.39 is 12.0 Å². The molecule has 2 saturated heterocycles.